The Labute approximate surface area is 233 Å². The van der Waals surface area contributed by atoms with Gasteiger partial charge in [0.05, 0.1) is 27.0 Å². The number of anilines is 3. The highest BCUT2D eigenvalue weighted by molar-refractivity contribution is 7.13. The second-order valence-corrected chi connectivity index (χ2v) is 10.5. The van der Waals surface area contributed by atoms with Crippen molar-refractivity contribution in [1.82, 2.24) is 9.88 Å². The van der Waals surface area contributed by atoms with Gasteiger partial charge >= 0.3 is 0 Å². The molecule has 0 radical (unpaired) electrons. The SMILES string of the molecule is CCN1CCN(c2cc(Cl)cc(C(=O)Nc3ccc(Cl)cn3)c2NC(=O)c2scc(CCl)c2Cl)CC1. The quantitative estimate of drug-likeness (QED) is 0.309. The first kappa shape index (κ1) is 27.0. The van der Waals surface area contributed by atoms with Crippen molar-refractivity contribution in [2.24, 2.45) is 0 Å². The maximum absolute atomic E-state index is 13.4. The Morgan fingerprint density at radius 3 is 2.39 bits per heavy atom. The average Bonchev–Trinajstić information content (AvgIpc) is 3.26. The molecule has 0 atom stereocenters. The Morgan fingerprint density at radius 1 is 1.03 bits per heavy atom. The van der Waals surface area contributed by atoms with Crippen LogP contribution in [-0.4, -0.2) is 54.4 Å². The summed E-state index contributed by atoms with van der Waals surface area (Å²) in [7, 11) is 0. The van der Waals surface area contributed by atoms with Crippen molar-refractivity contribution < 1.29 is 9.59 Å². The minimum Gasteiger partial charge on any atom is -0.367 e. The Hall–Kier alpha value is -2.07. The average molecular weight is 587 g/mol. The molecule has 2 N–H and O–H groups in total. The summed E-state index contributed by atoms with van der Waals surface area (Å²) in [4.78, 5) is 35.6. The van der Waals surface area contributed by atoms with E-state index in [9.17, 15) is 9.59 Å². The zero-order chi connectivity index (χ0) is 25.8. The summed E-state index contributed by atoms with van der Waals surface area (Å²) in [6.07, 6.45) is 1.43. The van der Waals surface area contributed by atoms with Crippen molar-refractivity contribution in [2.75, 3.05) is 48.3 Å². The highest BCUT2D eigenvalue weighted by atomic mass is 35.5. The molecule has 12 heteroatoms. The van der Waals surface area contributed by atoms with Gasteiger partial charge in [-0.25, -0.2) is 4.98 Å². The van der Waals surface area contributed by atoms with Gasteiger partial charge in [-0.05, 0) is 41.8 Å². The molecule has 1 aromatic carbocycles. The molecule has 0 spiro atoms. The van der Waals surface area contributed by atoms with E-state index >= 15 is 0 Å². The van der Waals surface area contributed by atoms with Gasteiger partial charge in [0.25, 0.3) is 11.8 Å². The molecule has 36 heavy (non-hydrogen) atoms. The monoisotopic (exact) mass is 585 g/mol. The van der Waals surface area contributed by atoms with E-state index in [1.807, 2.05) is 0 Å². The molecule has 2 aromatic heterocycles. The van der Waals surface area contributed by atoms with Crippen molar-refractivity contribution in [3.63, 3.8) is 0 Å². The van der Waals surface area contributed by atoms with Crippen molar-refractivity contribution in [3.8, 4) is 0 Å². The molecule has 190 valence electrons. The van der Waals surface area contributed by atoms with Crippen LogP contribution >= 0.6 is 57.7 Å². The van der Waals surface area contributed by atoms with E-state index in [1.54, 1.807) is 23.6 Å². The number of nitrogens with one attached hydrogen (secondary N) is 2. The molecule has 2 amide bonds. The smallest absolute Gasteiger partial charge is 0.267 e. The van der Waals surface area contributed by atoms with Gasteiger partial charge in [0.15, 0.2) is 0 Å². The first-order valence-corrected chi connectivity index (χ1v) is 13.7. The fraction of sp³-hybridized carbons (Fsp3) is 0.292. The number of thiophene rings is 1. The molecule has 1 fully saturated rings. The molecule has 4 rings (SSSR count). The van der Waals surface area contributed by atoms with Crippen LogP contribution in [0.15, 0.2) is 35.8 Å². The highest BCUT2D eigenvalue weighted by Gasteiger charge is 2.26. The molecule has 1 aliphatic rings. The third-order valence-corrected chi connectivity index (χ3v) is 8.15. The standard InChI is InChI=1S/C24H23Cl4N5O2S/c1-2-32-5-7-33(8-6-32)18-10-16(27)9-17(23(34)30-19-4-3-15(26)12-29-19)21(18)31-24(35)22-20(28)14(11-25)13-36-22/h3-4,9-10,12-13H,2,5-8,11H2,1H3,(H,31,35)(H,29,30,34). The number of hydrogen-bond acceptors (Lipinski definition) is 6. The maximum atomic E-state index is 13.4. The number of alkyl halides is 1. The number of rotatable bonds is 7. The summed E-state index contributed by atoms with van der Waals surface area (Å²) in [6, 6.07) is 6.49. The summed E-state index contributed by atoms with van der Waals surface area (Å²) in [6.45, 7) is 6.20. The molecule has 0 bridgehead atoms. The van der Waals surface area contributed by atoms with Crippen molar-refractivity contribution in [3.05, 3.63) is 66.9 Å². The van der Waals surface area contributed by atoms with Crippen LogP contribution in [0.25, 0.3) is 0 Å². The topological polar surface area (TPSA) is 77.6 Å². The van der Waals surface area contributed by atoms with Crippen LogP contribution in [0.4, 0.5) is 17.2 Å². The molecular formula is C24H23Cl4N5O2S. The second kappa shape index (κ2) is 12.0. The largest absolute Gasteiger partial charge is 0.367 e. The lowest BCUT2D eigenvalue weighted by atomic mass is 10.1. The number of nitrogens with zero attached hydrogens (tertiary/aromatic N) is 3. The normalized spacial score (nSPS) is 14.1. The van der Waals surface area contributed by atoms with E-state index in [4.69, 9.17) is 46.4 Å². The molecule has 0 saturated carbocycles. The Bertz CT molecular complexity index is 1260. The fourth-order valence-electron chi connectivity index (χ4n) is 3.88. The van der Waals surface area contributed by atoms with E-state index in [0.29, 0.717) is 55.8 Å². The molecule has 3 heterocycles. The number of benzene rings is 1. The van der Waals surface area contributed by atoms with Crippen molar-refractivity contribution in [1.29, 1.82) is 0 Å². The zero-order valence-electron chi connectivity index (χ0n) is 19.3. The number of piperazine rings is 1. The lowest BCUT2D eigenvalue weighted by Gasteiger charge is -2.36. The molecule has 1 saturated heterocycles. The van der Waals surface area contributed by atoms with Crippen LogP contribution < -0.4 is 15.5 Å². The van der Waals surface area contributed by atoms with Gasteiger partial charge in [0, 0.05) is 43.3 Å². The number of carbonyl (C=O) groups is 2. The van der Waals surface area contributed by atoms with Gasteiger partial charge in [-0.2, -0.15) is 0 Å². The van der Waals surface area contributed by atoms with Crippen LogP contribution in [0.3, 0.4) is 0 Å². The molecule has 3 aromatic rings. The fourth-order valence-corrected chi connectivity index (χ4v) is 5.84. The van der Waals surface area contributed by atoms with E-state index in [0.717, 1.165) is 19.6 Å². The van der Waals surface area contributed by atoms with E-state index < -0.39 is 11.8 Å². The third kappa shape index (κ3) is 6.07. The number of likely N-dealkylation sites (N-methyl/N-ethyl adjacent to an activating group) is 1. The van der Waals surface area contributed by atoms with E-state index in [1.165, 1.54) is 23.6 Å². The van der Waals surface area contributed by atoms with Gasteiger partial charge in [0.2, 0.25) is 0 Å². The first-order valence-electron chi connectivity index (χ1n) is 11.2. The molecule has 7 nitrogen and oxygen atoms in total. The minimum absolute atomic E-state index is 0.193. The Balaban J connectivity index is 1.73. The van der Waals surface area contributed by atoms with Crippen LogP contribution in [-0.2, 0) is 5.88 Å². The summed E-state index contributed by atoms with van der Waals surface area (Å²) >= 11 is 25.9. The number of amides is 2. The number of pyridine rings is 1. The van der Waals surface area contributed by atoms with Gasteiger partial charge in [0.1, 0.15) is 10.7 Å². The minimum atomic E-state index is -0.477. The molecule has 1 aliphatic heterocycles. The molecule has 0 aliphatic carbocycles. The maximum Gasteiger partial charge on any atom is 0.267 e. The van der Waals surface area contributed by atoms with Gasteiger partial charge in [-0.3, -0.25) is 9.59 Å². The first-order chi connectivity index (χ1) is 17.3. The predicted molar refractivity (Wildman–Crippen MR) is 150 cm³/mol. The second-order valence-electron chi connectivity index (χ2n) is 8.08. The van der Waals surface area contributed by atoms with Crippen LogP contribution in [0.1, 0.15) is 32.5 Å². The number of halogens is 4. The summed E-state index contributed by atoms with van der Waals surface area (Å²) < 4.78 is 0. The number of aromatic nitrogens is 1. The van der Waals surface area contributed by atoms with Crippen LogP contribution in [0.2, 0.25) is 15.1 Å². The third-order valence-electron chi connectivity index (χ3n) is 5.85. The summed E-state index contributed by atoms with van der Waals surface area (Å²) in [5.41, 5.74) is 1.88. The Kier molecular flexibility index (Phi) is 8.98. The van der Waals surface area contributed by atoms with Gasteiger partial charge in [-0.1, -0.05) is 41.7 Å². The Morgan fingerprint density at radius 2 is 1.78 bits per heavy atom. The summed E-state index contributed by atoms with van der Waals surface area (Å²) in [5, 5.41) is 8.54. The lowest BCUT2D eigenvalue weighted by Crippen LogP contribution is -2.46. The number of carbonyl (C=O) groups excluding carboxylic acids is 2. The van der Waals surface area contributed by atoms with Gasteiger partial charge in [-0.15, -0.1) is 22.9 Å². The van der Waals surface area contributed by atoms with Gasteiger partial charge < -0.3 is 20.4 Å². The predicted octanol–water partition coefficient (Wildman–Crippen LogP) is 6.49. The lowest BCUT2D eigenvalue weighted by molar-refractivity contribution is 0.102. The molecular weight excluding hydrogens is 564 g/mol. The van der Waals surface area contributed by atoms with E-state index in [2.05, 4.69) is 32.3 Å². The summed E-state index contributed by atoms with van der Waals surface area (Å²) in [5.74, 6) is -0.406. The van der Waals surface area contributed by atoms with E-state index in [-0.39, 0.29) is 11.4 Å². The van der Waals surface area contributed by atoms with Crippen LogP contribution in [0, 0.1) is 0 Å². The zero-order valence-corrected chi connectivity index (χ0v) is 23.1. The van der Waals surface area contributed by atoms with Crippen molar-refractivity contribution >= 4 is 86.7 Å². The van der Waals surface area contributed by atoms with Crippen LogP contribution in [0.5, 0.6) is 0 Å². The highest BCUT2D eigenvalue weighted by Crippen LogP contribution is 2.37. The van der Waals surface area contributed by atoms with Crippen molar-refractivity contribution in [2.45, 2.75) is 12.8 Å². The number of hydrogen-bond donors (Lipinski definition) is 2. The molecule has 0 unspecified atom stereocenters.